The summed E-state index contributed by atoms with van der Waals surface area (Å²) in [5.41, 5.74) is 6.14. The Morgan fingerprint density at radius 2 is 0.609 bits per heavy atom. The smallest absolute Gasteiger partial charge is 0.403 e. The monoisotopic (exact) mass is 1960 g/mol. The highest BCUT2D eigenvalue weighted by Gasteiger charge is 2.62. The van der Waals surface area contributed by atoms with Gasteiger partial charge in [-0.1, -0.05) is 120 Å². The van der Waals surface area contributed by atoms with Crippen LogP contribution in [-0.4, -0.2) is 178 Å². The van der Waals surface area contributed by atoms with Gasteiger partial charge in [-0.15, -0.1) is 0 Å². The molecule has 8 aliphatic heterocycles. The van der Waals surface area contributed by atoms with Gasteiger partial charge >= 0.3 is 54.0 Å². The molecular formula is C76H88F4N8O32P4S4. The van der Waals surface area contributed by atoms with Crippen LogP contribution in [0, 0.1) is 102 Å². The lowest BCUT2D eigenvalue weighted by atomic mass is 10.1. The Morgan fingerprint density at radius 1 is 0.375 bits per heavy atom. The van der Waals surface area contributed by atoms with Crippen molar-refractivity contribution in [2.45, 2.75) is 207 Å². The normalized spacial score (nSPS) is 33.9. The first-order valence-corrected chi connectivity index (χ1v) is 45.5. The zero-order valence-corrected chi connectivity index (χ0v) is 75.9. The van der Waals surface area contributed by atoms with Crippen LogP contribution in [0.2, 0.25) is 0 Å². The summed E-state index contributed by atoms with van der Waals surface area (Å²) in [5.74, 6) is -13.2. The molecule has 8 aromatic rings. The average molecular weight is 1960 g/mol. The molecule has 4 fully saturated rings. The largest absolute Gasteiger partial charge is 0.530 e. The van der Waals surface area contributed by atoms with E-state index < -0.39 is 177 Å². The number of benzene rings is 4. The number of hydrogen-bond donors (Lipinski definition) is 12. The number of hydrogen-bond acceptors (Lipinski definition) is 36. The summed E-state index contributed by atoms with van der Waals surface area (Å²) in [7, 11) is -18.1. The van der Waals surface area contributed by atoms with E-state index in [0.717, 1.165) is 45.4 Å². The molecule has 8 aliphatic rings. The van der Waals surface area contributed by atoms with Gasteiger partial charge in [-0.2, -0.15) is 0 Å². The number of aliphatic hydroxyl groups is 8. The van der Waals surface area contributed by atoms with Crippen molar-refractivity contribution in [2.24, 2.45) is 0 Å². The van der Waals surface area contributed by atoms with Gasteiger partial charge in [-0.3, -0.25) is 74.4 Å². The SMILES string of the molecule is Cc1cc(C)c2c(c1)COP(=O)(OC[C@@]1(F)O[C@@H](n3cc(C)c(=S)[nH]c3=O)[C@H](O)[C@@H]1O)O2.[2H]C([2H])(OP1(=O)OCc2cc(C)cc(C)c2O1)[C@@]1(F)O[C@@H](n2cc(C)c(=S)[nH]c2=O)[C@H](O)[C@@H]1O.[2H]C([2H])(OP1(=O)OCc2cc(C)cc(C)c2O1)[C@@]1(F)O[C@@]([2H])(n2cc(C)c(=S)[nH]c2=O)[C@H](O)[C@@H]1O.[2H][C@@]1(n2cc(C)c(=S)[nH]c2=O)O[C@](F)(COP2(=O)OCc3cc(C)cc(C)c3O2)[C@@H](O)[C@H]1O. The first-order chi connectivity index (χ1) is 61.9. The van der Waals surface area contributed by atoms with Crippen LogP contribution in [0.25, 0.3) is 0 Å². The number of nitrogens with zero attached hydrogens (tertiary/aromatic N) is 4. The molecule has 52 heteroatoms. The molecule has 4 aromatic heterocycles. The predicted molar refractivity (Wildman–Crippen MR) is 446 cm³/mol. The topological polar surface area (TPSA) is 529 Å². The van der Waals surface area contributed by atoms with Crippen LogP contribution in [-0.2, 0) is 99.8 Å². The van der Waals surface area contributed by atoms with Crippen molar-refractivity contribution in [1.82, 2.24) is 38.2 Å². The second-order valence-corrected chi connectivity index (χ2v) is 38.6. The Hall–Kier alpha value is -7.68. The Kier molecular flexibility index (Phi) is 25.9. The van der Waals surface area contributed by atoms with Gasteiger partial charge < -0.3 is 77.9 Å². The third-order valence-corrected chi connectivity index (χ3v) is 27.0. The first kappa shape index (κ1) is 89.5. The predicted octanol–water partition coefficient (Wildman–Crippen LogP) is 9.93. The van der Waals surface area contributed by atoms with Gasteiger partial charge in [0.15, 0.2) is 24.9 Å². The summed E-state index contributed by atoms with van der Waals surface area (Å²) in [5, 5.41) is 82.9. The minimum absolute atomic E-state index is 0.00326. The van der Waals surface area contributed by atoms with Gasteiger partial charge in [0.1, 0.15) is 117 Å². The van der Waals surface area contributed by atoms with Gasteiger partial charge in [0.2, 0.25) is 0 Å². The summed E-state index contributed by atoms with van der Waals surface area (Å²) in [4.78, 5) is 58.2. The number of fused-ring (bicyclic) bond motifs is 4. The number of ether oxygens (including phenoxy) is 4. The number of alkyl halides is 4. The Bertz CT molecular complexity index is 6790. The van der Waals surface area contributed by atoms with Gasteiger partial charge in [0, 0.05) is 69.3 Å². The molecule has 4 unspecified atom stereocenters. The molecule has 0 aliphatic carbocycles. The lowest BCUT2D eigenvalue weighted by Gasteiger charge is -2.29. The van der Waals surface area contributed by atoms with Gasteiger partial charge in [0.05, 0.1) is 34.7 Å². The fourth-order valence-electron chi connectivity index (χ4n) is 14.0. The quantitative estimate of drug-likeness (QED) is 0.0243. The molecule has 40 nitrogen and oxygen atoms in total. The maximum absolute atomic E-state index is 15.9. The van der Waals surface area contributed by atoms with E-state index in [9.17, 15) is 78.3 Å². The standard InChI is InChI=1S/4C19H22FN2O8PS/c4*1-9-4-10(2)14-12(5-9)7-27-31(26,30-14)28-8-19(20)15(24)13(23)17(29-19)22-6-11(3)16(32)21-18(22)25/h4*4-6,13,15,17,23-24H,7-8H2,1-3H3,(H,21,25,32)/t4*13-,15+,17-,19-,31?/m1111/s1/i8D2,17D;17D;8D2;. The van der Waals surface area contributed by atoms with Crippen molar-refractivity contribution in [3.05, 3.63) is 223 Å². The molecule has 0 bridgehead atoms. The van der Waals surface area contributed by atoms with E-state index in [1.54, 1.807) is 77.1 Å². The summed E-state index contributed by atoms with van der Waals surface area (Å²) in [6.45, 7) is 9.75. The van der Waals surface area contributed by atoms with Crippen molar-refractivity contribution in [2.75, 3.05) is 26.3 Å². The number of aromatic nitrogens is 8. The zero-order chi connectivity index (χ0) is 99.1. The van der Waals surface area contributed by atoms with Crippen LogP contribution in [0.4, 0.5) is 17.6 Å². The minimum Gasteiger partial charge on any atom is -0.403 e. The molecule has 696 valence electrons. The van der Waals surface area contributed by atoms with Crippen LogP contribution in [0.5, 0.6) is 23.0 Å². The van der Waals surface area contributed by atoms with Crippen molar-refractivity contribution < 1.29 is 158 Å². The van der Waals surface area contributed by atoms with E-state index >= 15 is 17.6 Å². The number of halogens is 4. The molecule has 12 heterocycles. The van der Waals surface area contributed by atoms with E-state index in [2.05, 4.69) is 19.9 Å². The van der Waals surface area contributed by atoms with Gasteiger partial charge in [0.25, 0.3) is 23.4 Å². The van der Waals surface area contributed by atoms with E-state index in [0.29, 0.717) is 80.6 Å². The molecule has 128 heavy (non-hydrogen) atoms. The molecule has 12 N–H and O–H groups in total. The maximum atomic E-state index is 15.9. The third kappa shape index (κ3) is 20.1. The molecule has 4 aromatic carbocycles. The number of aromatic amines is 4. The van der Waals surface area contributed by atoms with E-state index in [1.807, 2.05) is 33.8 Å². The van der Waals surface area contributed by atoms with Crippen LogP contribution >= 0.6 is 80.2 Å². The fraction of sp³-hybridized carbons (Fsp3) is 0.474. The summed E-state index contributed by atoms with van der Waals surface area (Å²) in [6.07, 6.45) is -23.2. The molecule has 16 rings (SSSR count). The van der Waals surface area contributed by atoms with E-state index in [4.69, 9.17) is 130 Å². The number of phosphoric ester groups is 4. The molecule has 0 saturated carbocycles. The molecule has 0 radical (unpaired) electrons. The minimum atomic E-state index is -4.83. The lowest BCUT2D eigenvalue weighted by Crippen LogP contribution is -2.43. The summed E-state index contributed by atoms with van der Waals surface area (Å²) in [6, 6.07) is 14.0. The lowest BCUT2D eigenvalue weighted by molar-refractivity contribution is -0.205. The number of aryl methyl sites for hydroxylation is 12. The van der Waals surface area contributed by atoms with Gasteiger partial charge in [-0.05, 0) is 105 Å². The van der Waals surface area contributed by atoms with E-state index in [-0.39, 0.29) is 67.8 Å². The molecule has 0 amide bonds. The number of nitrogens with one attached hydrogen (secondary N) is 4. The highest BCUT2D eigenvalue weighted by molar-refractivity contribution is 7.72. The van der Waals surface area contributed by atoms with Crippen molar-refractivity contribution in [3.63, 3.8) is 0 Å². The van der Waals surface area contributed by atoms with Crippen molar-refractivity contribution in [3.8, 4) is 23.0 Å². The van der Waals surface area contributed by atoms with Crippen molar-refractivity contribution in [1.29, 1.82) is 0 Å². The van der Waals surface area contributed by atoms with Crippen LogP contribution in [0.3, 0.4) is 0 Å². The highest BCUT2D eigenvalue weighted by atomic mass is 32.1. The zero-order valence-electron chi connectivity index (χ0n) is 75.0. The number of rotatable bonds is 16. The molecule has 20 atom stereocenters. The first-order valence-electron chi connectivity index (χ1n) is 41.0. The van der Waals surface area contributed by atoms with Crippen LogP contribution < -0.4 is 40.9 Å². The Labute approximate surface area is 751 Å². The highest BCUT2D eigenvalue weighted by Crippen LogP contribution is 2.61. The summed E-state index contributed by atoms with van der Waals surface area (Å²) >= 11 is 19.8. The average Bonchev–Trinajstić information content (AvgIpc) is 1.55. The maximum Gasteiger partial charge on any atom is 0.530 e. The second kappa shape index (κ2) is 37.1. The van der Waals surface area contributed by atoms with E-state index in [1.165, 1.54) is 27.0 Å². The van der Waals surface area contributed by atoms with Crippen LogP contribution in [0.15, 0.2) is 92.5 Å². The number of H-pyrrole nitrogens is 4. The Balaban J connectivity index is 0.000000152. The second-order valence-electron chi connectivity index (χ2n) is 30.7. The molecule has 0 spiro atoms. The fourth-order valence-corrected chi connectivity index (χ4v) is 19.5. The number of aliphatic hydroxyl groups excluding tert-OH is 8. The van der Waals surface area contributed by atoms with Gasteiger partial charge in [-0.25, -0.2) is 55.0 Å². The third-order valence-electron chi connectivity index (χ3n) is 20.4. The molecular weight excluding hydrogens is 1870 g/mol. The number of phosphoric acid groups is 4. The Morgan fingerprint density at radius 3 is 0.922 bits per heavy atom. The van der Waals surface area contributed by atoms with Crippen LogP contribution in [0.1, 0.15) is 122 Å². The molecule has 4 saturated heterocycles. The van der Waals surface area contributed by atoms with Crippen molar-refractivity contribution >= 4 is 80.2 Å². The summed E-state index contributed by atoms with van der Waals surface area (Å²) < 4.78 is 249.